The van der Waals surface area contributed by atoms with Crippen molar-refractivity contribution in [3.8, 4) is 0 Å². The highest BCUT2D eigenvalue weighted by Crippen LogP contribution is 2.12. The lowest BCUT2D eigenvalue weighted by Crippen LogP contribution is -2.26. The summed E-state index contributed by atoms with van der Waals surface area (Å²) >= 11 is 0. The minimum Gasteiger partial charge on any atom is -0.478 e. The molecule has 1 aromatic rings. The molecule has 0 saturated carbocycles. The molecular formula is C19H22N2O4. The van der Waals surface area contributed by atoms with Crippen LogP contribution in [-0.2, 0) is 11.3 Å². The van der Waals surface area contributed by atoms with Gasteiger partial charge in [0.15, 0.2) is 0 Å². The van der Waals surface area contributed by atoms with Gasteiger partial charge in [0.1, 0.15) is 0 Å². The Kier molecular flexibility index (Phi) is 6.11. The van der Waals surface area contributed by atoms with Crippen LogP contribution in [0.3, 0.4) is 0 Å². The highest BCUT2D eigenvalue weighted by atomic mass is 16.4. The van der Waals surface area contributed by atoms with E-state index in [9.17, 15) is 14.4 Å². The van der Waals surface area contributed by atoms with Crippen molar-refractivity contribution in [2.75, 3.05) is 13.1 Å². The van der Waals surface area contributed by atoms with E-state index >= 15 is 0 Å². The number of carbonyl (C=O) groups excluding carboxylic acids is 1. The molecule has 0 bridgehead atoms. The zero-order valence-corrected chi connectivity index (χ0v) is 14.3. The molecule has 1 aliphatic heterocycles. The van der Waals surface area contributed by atoms with Crippen LogP contribution >= 0.6 is 0 Å². The van der Waals surface area contributed by atoms with Gasteiger partial charge in [-0.25, -0.2) is 4.79 Å². The van der Waals surface area contributed by atoms with Crippen LogP contribution in [-0.4, -0.2) is 39.5 Å². The van der Waals surface area contributed by atoms with Crippen LogP contribution in [0.25, 0.3) is 0 Å². The Morgan fingerprint density at radius 3 is 2.64 bits per heavy atom. The molecule has 1 amide bonds. The fourth-order valence-corrected chi connectivity index (χ4v) is 2.64. The van der Waals surface area contributed by atoms with Gasteiger partial charge in [-0.15, -0.1) is 0 Å². The molecule has 132 valence electrons. The van der Waals surface area contributed by atoms with Gasteiger partial charge in [-0.05, 0) is 25.0 Å². The minimum absolute atomic E-state index is 0.0577. The van der Waals surface area contributed by atoms with Gasteiger partial charge in [-0.1, -0.05) is 30.4 Å². The summed E-state index contributed by atoms with van der Waals surface area (Å²) in [5.74, 6) is -0.901. The van der Waals surface area contributed by atoms with Gasteiger partial charge >= 0.3 is 5.97 Å². The fraction of sp³-hybridized carbons (Fsp3) is 0.316. The van der Waals surface area contributed by atoms with Gasteiger partial charge < -0.3 is 14.6 Å². The first-order chi connectivity index (χ1) is 11.9. The molecule has 0 unspecified atom stereocenters. The molecule has 6 nitrogen and oxygen atoms in total. The Hall–Kier alpha value is -2.89. The van der Waals surface area contributed by atoms with E-state index in [2.05, 4.69) is 6.58 Å². The van der Waals surface area contributed by atoms with E-state index in [1.54, 1.807) is 6.08 Å². The number of likely N-dealkylation sites (tertiary alicyclic amines) is 1. The smallest absolute Gasteiger partial charge is 0.337 e. The lowest BCUT2D eigenvalue weighted by atomic mass is 10.2. The number of hydrogen-bond acceptors (Lipinski definition) is 3. The van der Waals surface area contributed by atoms with Crippen molar-refractivity contribution in [1.29, 1.82) is 0 Å². The van der Waals surface area contributed by atoms with Crippen molar-refractivity contribution in [1.82, 2.24) is 9.47 Å². The third kappa shape index (κ3) is 5.04. The molecule has 6 heteroatoms. The van der Waals surface area contributed by atoms with Crippen LogP contribution in [0.15, 0.2) is 59.1 Å². The third-order valence-corrected chi connectivity index (χ3v) is 4.04. The number of nitrogens with zero attached hydrogens (tertiary/aromatic N) is 2. The van der Waals surface area contributed by atoms with Crippen LogP contribution in [0.1, 0.15) is 30.1 Å². The monoisotopic (exact) mass is 342 g/mol. The quantitative estimate of drug-likeness (QED) is 0.771. The summed E-state index contributed by atoms with van der Waals surface area (Å²) in [7, 11) is 0. The molecule has 0 aromatic carbocycles. The van der Waals surface area contributed by atoms with E-state index in [1.165, 1.54) is 22.9 Å². The van der Waals surface area contributed by atoms with Gasteiger partial charge in [0.05, 0.1) is 12.1 Å². The second-order valence-corrected chi connectivity index (χ2v) is 6.07. The van der Waals surface area contributed by atoms with Gasteiger partial charge in [0.25, 0.3) is 5.56 Å². The topological polar surface area (TPSA) is 79.6 Å². The molecule has 1 saturated heterocycles. The van der Waals surface area contributed by atoms with Crippen molar-refractivity contribution in [2.45, 2.75) is 26.3 Å². The average molecular weight is 342 g/mol. The fourth-order valence-electron chi connectivity index (χ4n) is 2.64. The number of allylic oxidation sites excluding steroid dienone is 4. The maximum absolute atomic E-state index is 11.9. The summed E-state index contributed by atoms with van der Waals surface area (Å²) in [6.45, 7) is 7.30. The molecule has 0 radical (unpaired) electrons. The van der Waals surface area contributed by atoms with E-state index in [0.29, 0.717) is 13.0 Å². The van der Waals surface area contributed by atoms with Crippen molar-refractivity contribution < 1.29 is 14.7 Å². The van der Waals surface area contributed by atoms with Gasteiger partial charge in [0.2, 0.25) is 5.91 Å². The number of carboxylic acids is 1. The van der Waals surface area contributed by atoms with Crippen LogP contribution in [0, 0.1) is 0 Å². The molecule has 2 rings (SSSR count). The van der Waals surface area contributed by atoms with Crippen molar-refractivity contribution in [2.24, 2.45) is 0 Å². The molecule has 0 spiro atoms. The number of hydrogen-bond donors (Lipinski definition) is 1. The zero-order chi connectivity index (χ0) is 18.4. The standard InChI is InChI=1S/C19H22N2O4/c1-3-15(7-6-14(2)11-20-10-4-5-17(20)22)12-21-13-16(19(24)25)8-9-18(21)23/h3,6-9,13H,1,4-5,10-12H2,2H3,(H,24,25)/b14-6+,15-7+. The molecule has 0 atom stereocenters. The molecule has 1 N–H and O–H groups in total. The van der Waals surface area contributed by atoms with Crippen LogP contribution < -0.4 is 5.56 Å². The maximum Gasteiger partial charge on any atom is 0.337 e. The SMILES string of the molecule is C=C/C(=C\C=C(/C)CN1CCCC1=O)Cn1cc(C(=O)O)ccc1=O. The lowest BCUT2D eigenvalue weighted by Gasteiger charge is -2.15. The lowest BCUT2D eigenvalue weighted by molar-refractivity contribution is -0.127. The van der Waals surface area contributed by atoms with E-state index in [1.807, 2.05) is 24.0 Å². The number of aromatic carboxylic acids is 1. The van der Waals surface area contributed by atoms with Gasteiger partial charge in [0, 0.05) is 31.8 Å². The van der Waals surface area contributed by atoms with Crippen molar-refractivity contribution in [3.05, 3.63) is 70.2 Å². The normalized spacial score (nSPS) is 15.6. The molecule has 1 aromatic heterocycles. The number of pyridine rings is 1. The van der Waals surface area contributed by atoms with E-state index < -0.39 is 5.97 Å². The number of carboxylic acid groups (broad SMARTS) is 1. The molecule has 25 heavy (non-hydrogen) atoms. The number of amides is 1. The Morgan fingerprint density at radius 1 is 1.28 bits per heavy atom. The summed E-state index contributed by atoms with van der Waals surface area (Å²) in [4.78, 5) is 36.4. The highest BCUT2D eigenvalue weighted by Gasteiger charge is 2.19. The summed E-state index contributed by atoms with van der Waals surface area (Å²) in [5, 5.41) is 9.03. The first kappa shape index (κ1) is 18.4. The number of carbonyl (C=O) groups is 2. The predicted octanol–water partition coefficient (Wildman–Crippen LogP) is 2.23. The van der Waals surface area contributed by atoms with E-state index in [-0.39, 0.29) is 23.6 Å². The molecular weight excluding hydrogens is 320 g/mol. The average Bonchev–Trinajstić information content (AvgIpc) is 2.97. The Morgan fingerprint density at radius 2 is 2.04 bits per heavy atom. The highest BCUT2D eigenvalue weighted by molar-refractivity contribution is 5.87. The second-order valence-electron chi connectivity index (χ2n) is 6.07. The summed E-state index contributed by atoms with van der Waals surface area (Å²) < 4.78 is 1.34. The first-order valence-corrected chi connectivity index (χ1v) is 8.11. The summed E-state index contributed by atoms with van der Waals surface area (Å²) in [5.41, 5.74) is 1.58. The van der Waals surface area contributed by atoms with E-state index in [4.69, 9.17) is 5.11 Å². The van der Waals surface area contributed by atoms with Gasteiger partial charge in [-0.2, -0.15) is 0 Å². The minimum atomic E-state index is -1.08. The predicted molar refractivity (Wildman–Crippen MR) is 95.5 cm³/mol. The van der Waals surface area contributed by atoms with Crippen molar-refractivity contribution in [3.63, 3.8) is 0 Å². The second kappa shape index (κ2) is 8.28. The molecule has 2 heterocycles. The Labute approximate surface area is 146 Å². The number of rotatable bonds is 7. The molecule has 1 fully saturated rings. The maximum atomic E-state index is 11.9. The van der Waals surface area contributed by atoms with Crippen LogP contribution in [0.5, 0.6) is 0 Å². The first-order valence-electron chi connectivity index (χ1n) is 8.11. The largest absolute Gasteiger partial charge is 0.478 e. The number of aromatic nitrogens is 1. The zero-order valence-electron chi connectivity index (χ0n) is 14.3. The Balaban J connectivity index is 2.12. The third-order valence-electron chi connectivity index (χ3n) is 4.04. The van der Waals surface area contributed by atoms with Crippen molar-refractivity contribution >= 4 is 11.9 Å². The Bertz CT molecular complexity index is 802. The molecule has 1 aliphatic rings. The molecule has 0 aliphatic carbocycles. The van der Waals surface area contributed by atoms with E-state index in [0.717, 1.165) is 24.1 Å². The van der Waals surface area contributed by atoms with Gasteiger partial charge in [-0.3, -0.25) is 9.59 Å². The van der Waals surface area contributed by atoms with Crippen LogP contribution in [0.4, 0.5) is 0 Å². The summed E-state index contributed by atoms with van der Waals surface area (Å²) in [6.07, 6.45) is 8.20. The summed E-state index contributed by atoms with van der Waals surface area (Å²) in [6, 6.07) is 2.53. The van der Waals surface area contributed by atoms with Crippen LogP contribution in [0.2, 0.25) is 0 Å².